The van der Waals surface area contributed by atoms with Crippen LogP contribution in [0.5, 0.6) is 0 Å². The molecule has 0 saturated heterocycles. The standard InChI is InChI=1S/C16H26N4O4/c1-5-24-11-19-10-17-13-12(19)14(21)20(15(22)18(13)4)9-7-6-8-16(2,3)23/h10,23H,5-9,11H2,1-4H3/i2D3,3D3,4D3,11D2. The van der Waals surface area contributed by atoms with Crippen LogP contribution in [0, 0.1) is 0 Å². The van der Waals surface area contributed by atoms with E-state index < -0.39 is 68.3 Å². The molecule has 0 fully saturated rings. The van der Waals surface area contributed by atoms with Crippen LogP contribution in [0.1, 0.15) is 55.0 Å². The maximum Gasteiger partial charge on any atom is 0.332 e. The van der Waals surface area contributed by atoms with Crippen LogP contribution in [0.3, 0.4) is 0 Å². The van der Waals surface area contributed by atoms with Crippen molar-refractivity contribution in [3.8, 4) is 0 Å². The predicted octanol–water partition coefficient (Wildman–Crippen LogP) is 0.832. The summed E-state index contributed by atoms with van der Waals surface area (Å²) < 4.78 is 89.9. The van der Waals surface area contributed by atoms with Crippen LogP contribution < -0.4 is 11.2 Å². The summed E-state index contributed by atoms with van der Waals surface area (Å²) in [7, 11) is 0. The van der Waals surface area contributed by atoms with E-state index in [9.17, 15) is 14.7 Å². The van der Waals surface area contributed by atoms with Crippen molar-refractivity contribution in [1.82, 2.24) is 18.7 Å². The molecule has 0 saturated carbocycles. The zero-order valence-electron chi connectivity index (χ0n) is 24.1. The highest BCUT2D eigenvalue weighted by molar-refractivity contribution is 5.69. The SMILES string of the molecule is [2H]C([2H])([2H])n1c(=O)n(CCCCC(O)(C([2H])([2H])[2H])C([2H])([2H])[2H])c(=O)c2c1ncn2C([2H])([2H])OCC. The average molecular weight is 349 g/mol. The van der Waals surface area contributed by atoms with Crippen LogP contribution >= 0.6 is 0 Å². The summed E-state index contributed by atoms with van der Waals surface area (Å²) in [6.45, 7) is -11.2. The summed E-state index contributed by atoms with van der Waals surface area (Å²) in [5.74, 6) is 0. The van der Waals surface area contributed by atoms with Gasteiger partial charge in [-0.2, -0.15) is 0 Å². The second-order valence-electron chi connectivity index (χ2n) is 5.20. The van der Waals surface area contributed by atoms with Crippen molar-refractivity contribution in [2.24, 2.45) is 6.98 Å². The second-order valence-corrected chi connectivity index (χ2v) is 5.20. The van der Waals surface area contributed by atoms with Crippen molar-refractivity contribution in [3.63, 3.8) is 0 Å². The largest absolute Gasteiger partial charge is 0.390 e. The maximum absolute atomic E-state index is 13.1. The zero-order chi connectivity index (χ0) is 27.2. The van der Waals surface area contributed by atoms with E-state index in [1.165, 1.54) is 6.92 Å². The quantitative estimate of drug-likeness (QED) is 0.713. The van der Waals surface area contributed by atoms with Gasteiger partial charge in [0, 0.05) is 32.5 Å². The van der Waals surface area contributed by atoms with Crippen molar-refractivity contribution in [3.05, 3.63) is 27.2 Å². The van der Waals surface area contributed by atoms with E-state index in [2.05, 4.69) is 4.98 Å². The zero-order valence-corrected chi connectivity index (χ0v) is 13.1. The molecule has 134 valence electrons. The number of aromatic nitrogens is 4. The van der Waals surface area contributed by atoms with Crippen LogP contribution in [0.25, 0.3) is 11.2 Å². The monoisotopic (exact) mass is 349 g/mol. The summed E-state index contributed by atoms with van der Waals surface area (Å²) in [5, 5.41) is 10.3. The fourth-order valence-electron chi connectivity index (χ4n) is 2.18. The smallest absolute Gasteiger partial charge is 0.332 e. The number of nitrogens with zero attached hydrogens (tertiary/aromatic N) is 4. The van der Waals surface area contributed by atoms with Crippen molar-refractivity contribution in [2.75, 3.05) is 6.61 Å². The van der Waals surface area contributed by atoms with E-state index in [0.717, 1.165) is 6.33 Å². The number of hydrogen-bond donors (Lipinski definition) is 1. The Hall–Kier alpha value is -1.93. The minimum Gasteiger partial charge on any atom is -0.390 e. The molecular formula is C16H26N4O4. The molecule has 2 aromatic rings. The van der Waals surface area contributed by atoms with Crippen LogP contribution in [-0.2, 0) is 24.9 Å². The lowest BCUT2D eigenvalue weighted by molar-refractivity contribution is 0.0678. The third-order valence-electron chi connectivity index (χ3n) is 3.31. The number of fused-ring (bicyclic) bond motifs is 1. The second kappa shape index (κ2) is 7.31. The van der Waals surface area contributed by atoms with Gasteiger partial charge in [0.1, 0.15) is 6.68 Å². The van der Waals surface area contributed by atoms with Crippen LogP contribution in [0.15, 0.2) is 15.9 Å². The Bertz CT molecular complexity index is 1160. The fraction of sp³-hybridized carbons (Fsp3) is 0.688. The minimum absolute atomic E-state index is 0.102. The lowest BCUT2D eigenvalue weighted by Gasteiger charge is -2.16. The topological polar surface area (TPSA) is 91.3 Å². The van der Waals surface area contributed by atoms with Gasteiger partial charge in [-0.05, 0) is 39.9 Å². The molecule has 0 aliphatic rings. The lowest BCUT2D eigenvalue weighted by atomic mass is 10.0. The Labute approximate surface area is 155 Å². The van der Waals surface area contributed by atoms with Crippen molar-refractivity contribution in [1.29, 1.82) is 0 Å². The first kappa shape index (κ1) is 8.44. The number of imidazole rings is 1. The van der Waals surface area contributed by atoms with Gasteiger partial charge in [0.15, 0.2) is 11.2 Å². The highest BCUT2D eigenvalue weighted by Gasteiger charge is 2.16. The predicted molar refractivity (Wildman–Crippen MR) is 91.0 cm³/mol. The summed E-state index contributed by atoms with van der Waals surface area (Å²) in [5.41, 5.74) is -6.51. The van der Waals surface area contributed by atoms with Crippen LogP contribution in [0.2, 0.25) is 0 Å². The third kappa shape index (κ3) is 3.93. The maximum atomic E-state index is 13.1. The molecule has 0 aliphatic heterocycles. The number of unbranched alkanes of at least 4 members (excludes halogenated alkanes) is 1. The van der Waals surface area contributed by atoms with Gasteiger partial charge in [-0.1, -0.05) is 0 Å². The van der Waals surface area contributed by atoms with Crippen molar-refractivity contribution < 1.29 is 24.9 Å². The number of rotatable bonds is 8. The van der Waals surface area contributed by atoms with Gasteiger partial charge < -0.3 is 14.4 Å². The minimum atomic E-state index is -3.24. The molecule has 2 rings (SSSR count). The number of hydrogen-bond acceptors (Lipinski definition) is 5. The van der Waals surface area contributed by atoms with Gasteiger partial charge in [0.05, 0.1) is 14.7 Å². The number of aliphatic hydroxyl groups is 1. The molecule has 0 unspecified atom stereocenters. The molecule has 8 nitrogen and oxygen atoms in total. The summed E-state index contributed by atoms with van der Waals surface area (Å²) in [6.07, 6.45) is -0.303. The average Bonchev–Trinajstić information content (AvgIpc) is 3.09. The van der Waals surface area contributed by atoms with Gasteiger partial charge in [-0.3, -0.25) is 13.9 Å². The van der Waals surface area contributed by atoms with Gasteiger partial charge >= 0.3 is 5.69 Å². The third-order valence-corrected chi connectivity index (χ3v) is 3.31. The molecule has 8 heteroatoms. The lowest BCUT2D eigenvalue weighted by Crippen LogP contribution is -2.39. The number of aryl methyl sites for hydroxylation is 1. The first-order valence-electron chi connectivity index (χ1n) is 12.8. The molecule has 1 N–H and O–H groups in total. The van der Waals surface area contributed by atoms with E-state index >= 15 is 0 Å². The molecule has 0 bridgehead atoms. The van der Waals surface area contributed by atoms with E-state index in [-0.39, 0.29) is 24.0 Å². The van der Waals surface area contributed by atoms with Crippen LogP contribution in [-0.4, -0.2) is 36.0 Å². The van der Waals surface area contributed by atoms with E-state index in [1.54, 1.807) is 0 Å². The Kier molecular flexibility index (Phi) is 2.57. The molecule has 0 aliphatic carbocycles. The van der Waals surface area contributed by atoms with E-state index in [0.29, 0.717) is 9.13 Å². The van der Waals surface area contributed by atoms with Crippen molar-refractivity contribution in [2.45, 2.75) is 58.7 Å². The normalized spacial score (nSPS) is 21.2. The molecule has 24 heavy (non-hydrogen) atoms. The van der Waals surface area contributed by atoms with E-state index in [4.69, 9.17) is 19.8 Å². The fourth-order valence-corrected chi connectivity index (χ4v) is 2.18. The molecule has 2 aromatic heterocycles. The summed E-state index contributed by atoms with van der Waals surface area (Å²) >= 11 is 0. The molecular weight excluding hydrogens is 312 g/mol. The van der Waals surface area contributed by atoms with Crippen LogP contribution in [0.4, 0.5) is 0 Å². The highest BCUT2D eigenvalue weighted by atomic mass is 16.5. The Morgan fingerprint density at radius 3 is 2.88 bits per heavy atom. The molecule has 0 spiro atoms. The molecule has 0 radical (unpaired) electrons. The summed E-state index contributed by atoms with van der Waals surface area (Å²) in [6, 6.07) is 0. The Morgan fingerprint density at radius 2 is 2.21 bits per heavy atom. The summed E-state index contributed by atoms with van der Waals surface area (Å²) in [4.78, 5) is 29.8. The number of ether oxygens (including phenoxy) is 1. The van der Waals surface area contributed by atoms with Crippen molar-refractivity contribution >= 4 is 11.2 Å². The Morgan fingerprint density at radius 1 is 1.42 bits per heavy atom. The molecule has 2 heterocycles. The van der Waals surface area contributed by atoms with Gasteiger partial charge in [-0.15, -0.1) is 0 Å². The first-order chi connectivity index (χ1) is 15.7. The Balaban J connectivity index is 2.54. The van der Waals surface area contributed by atoms with Gasteiger partial charge in [0.2, 0.25) is 0 Å². The van der Waals surface area contributed by atoms with E-state index in [1.807, 2.05) is 0 Å². The van der Waals surface area contributed by atoms with Gasteiger partial charge in [-0.25, -0.2) is 9.78 Å². The molecule has 0 atom stereocenters. The molecule has 0 amide bonds. The highest BCUT2D eigenvalue weighted by Crippen LogP contribution is 2.12. The molecule has 0 aromatic carbocycles. The first-order valence-corrected chi connectivity index (χ1v) is 7.31. The van der Waals surface area contributed by atoms with Gasteiger partial charge in [0.25, 0.3) is 5.56 Å².